The van der Waals surface area contributed by atoms with Crippen LogP contribution >= 0.6 is 0 Å². The summed E-state index contributed by atoms with van der Waals surface area (Å²) in [5, 5.41) is 0. The van der Waals surface area contributed by atoms with Gasteiger partial charge in [0.2, 0.25) is 0 Å². The molecule has 0 saturated heterocycles. The fourth-order valence-electron chi connectivity index (χ4n) is 0.146. The molecule has 0 amide bonds. The van der Waals surface area contributed by atoms with E-state index in [4.69, 9.17) is 0 Å². The average molecular weight is 134 g/mol. The van der Waals surface area contributed by atoms with Gasteiger partial charge in [0.15, 0.2) is 0 Å². The Labute approximate surface area is 50.8 Å². The highest BCUT2D eigenvalue weighted by Crippen LogP contribution is 1.93. The summed E-state index contributed by atoms with van der Waals surface area (Å²) in [6.07, 6.45) is -1.34. The molecule has 0 aromatic rings. The highest BCUT2D eigenvalue weighted by molar-refractivity contribution is 5.73. The smallest absolute Gasteiger partial charge is 0.368 e. The minimum atomic E-state index is -3.09. The summed E-state index contributed by atoms with van der Waals surface area (Å²) < 4.78 is 26.1. The zero-order valence-electron chi connectivity index (χ0n) is 4.65. The first kappa shape index (κ1) is 7.89. The summed E-state index contributed by atoms with van der Waals surface area (Å²) in [7, 11) is 0. The molecule has 0 radical (unpaired) electrons. The Morgan fingerprint density at radius 1 is 1.67 bits per heavy atom. The van der Waals surface area contributed by atoms with Gasteiger partial charge in [-0.05, 0) is 0 Å². The lowest BCUT2D eigenvalue weighted by atomic mass is 10.7. The summed E-state index contributed by atoms with van der Waals surface area (Å²) >= 11 is 0. The van der Waals surface area contributed by atoms with Crippen molar-refractivity contribution in [3.63, 3.8) is 0 Å². The molecule has 0 unspecified atom stereocenters. The first-order valence-electron chi connectivity index (χ1n) is 2.09. The van der Waals surface area contributed by atoms with Gasteiger partial charge in [-0.3, -0.25) is 0 Å². The van der Waals surface area contributed by atoms with Crippen LogP contribution in [0.4, 0.5) is 8.78 Å². The van der Waals surface area contributed by atoms with Crippen molar-refractivity contribution >= 4 is 5.97 Å². The Kier molecular flexibility index (Phi) is 3.37. The van der Waals surface area contributed by atoms with Gasteiger partial charge in [0.05, 0.1) is 0 Å². The molecule has 0 atom stereocenters. The molecule has 0 fully saturated rings. The quantitative estimate of drug-likeness (QED) is 0.391. The van der Waals surface area contributed by atoms with E-state index in [0.29, 0.717) is 0 Å². The number of ether oxygens (including phenoxy) is 1. The predicted molar refractivity (Wildman–Crippen MR) is 25.5 cm³/mol. The van der Waals surface area contributed by atoms with Crippen molar-refractivity contribution in [3.8, 4) is 12.0 Å². The van der Waals surface area contributed by atoms with Gasteiger partial charge in [-0.15, -0.1) is 0 Å². The molecular weight excluding hydrogens is 130 g/mol. The van der Waals surface area contributed by atoms with Crippen molar-refractivity contribution in [1.82, 2.24) is 0 Å². The lowest BCUT2D eigenvalue weighted by Gasteiger charge is -1.90. The second kappa shape index (κ2) is 3.84. The molecule has 0 rings (SSSR count). The predicted octanol–water partition coefficient (Wildman–Crippen LogP) is 0.776. The summed E-state index contributed by atoms with van der Waals surface area (Å²) in [6.45, 7) is 1.37. The van der Waals surface area contributed by atoms with Gasteiger partial charge < -0.3 is 4.74 Å². The van der Waals surface area contributed by atoms with Gasteiger partial charge in [0.1, 0.15) is 6.11 Å². The lowest BCUT2D eigenvalue weighted by Crippen LogP contribution is -2.10. The van der Waals surface area contributed by atoms with Crippen LogP contribution in [0.2, 0.25) is 0 Å². The van der Waals surface area contributed by atoms with Gasteiger partial charge >= 0.3 is 12.4 Å². The maximum absolute atomic E-state index is 11.2. The molecule has 2 nitrogen and oxygen atoms in total. The molecule has 0 spiro atoms. The maximum Gasteiger partial charge on any atom is 0.387 e. The van der Waals surface area contributed by atoms with Gasteiger partial charge in [-0.25, -0.2) is 4.79 Å². The molecule has 0 aliphatic heterocycles. The molecule has 0 aliphatic carbocycles. The molecule has 0 saturated carbocycles. The van der Waals surface area contributed by atoms with Crippen LogP contribution in [0, 0.1) is 12.0 Å². The maximum atomic E-state index is 11.2. The van der Waals surface area contributed by atoms with Crippen molar-refractivity contribution < 1.29 is 18.3 Å². The van der Waals surface area contributed by atoms with E-state index in [0.717, 1.165) is 0 Å². The summed E-state index contributed by atoms with van der Waals surface area (Å²) in [4.78, 5) is 9.83. The van der Waals surface area contributed by atoms with Crippen molar-refractivity contribution in [2.24, 2.45) is 0 Å². The molecule has 0 aromatic heterocycles. The van der Waals surface area contributed by atoms with E-state index < -0.39 is 12.4 Å². The SMILES string of the molecule is CC#COC(=O)C(F)F. The highest BCUT2D eigenvalue weighted by atomic mass is 19.3. The molecule has 4 heteroatoms. The van der Waals surface area contributed by atoms with Crippen molar-refractivity contribution in [2.45, 2.75) is 13.3 Å². The number of hydrogen-bond acceptors (Lipinski definition) is 2. The normalized spacial score (nSPS) is 8.00. The Balaban J connectivity index is 3.60. The van der Waals surface area contributed by atoms with Crippen molar-refractivity contribution in [1.29, 1.82) is 0 Å². The van der Waals surface area contributed by atoms with Gasteiger partial charge in [-0.1, -0.05) is 5.92 Å². The third-order valence-electron chi connectivity index (χ3n) is 0.432. The molecule has 0 aromatic carbocycles. The van der Waals surface area contributed by atoms with E-state index in [9.17, 15) is 13.6 Å². The number of carbonyl (C=O) groups is 1. The number of alkyl halides is 2. The van der Waals surface area contributed by atoms with Crippen molar-refractivity contribution in [3.05, 3.63) is 0 Å². The van der Waals surface area contributed by atoms with E-state index in [-0.39, 0.29) is 0 Å². The number of hydrogen-bond donors (Lipinski definition) is 0. The van der Waals surface area contributed by atoms with Crippen LogP contribution < -0.4 is 0 Å². The van der Waals surface area contributed by atoms with Crippen LogP contribution in [0.3, 0.4) is 0 Å². The third kappa shape index (κ3) is 3.47. The average Bonchev–Trinajstić information content (AvgIpc) is 1.82. The lowest BCUT2D eigenvalue weighted by molar-refractivity contribution is -0.149. The van der Waals surface area contributed by atoms with Crippen molar-refractivity contribution in [2.75, 3.05) is 0 Å². The molecule has 0 bridgehead atoms. The van der Waals surface area contributed by atoms with E-state index in [1.54, 1.807) is 6.11 Å². The van der Waals surface area contributed by atoms with E-state index in [1.807, 2.05) is 0 Å². The minimum Gasteiger partial charge on any atom is -0.368 e. The van der Waals surface area contributed by atoms with Crippen LogP contribution in [0.1, 0.15) is 6.92 Å². The second-order valence-electron chi connectivity index (χ2n) is 1.07. The van der Waals surface area contributed by atoms with Gasteiger partial charge in [0, 0.05) is 6.92 Å². The number of halogens is 2. The van der Waals surface area contributed by atoms with Gasteiger partial charge in [-0.2, -0.15) is 8.78 Å². The Morgan fingerprint density at radius 3 is 2.56 bits per heavy atom. The van der Waals surface area contributed by atoms with Crippen LogP contribution in [0.15, 0.2) is 0 Å². The molecule has 0 aliphatic rings. The largest absolute Gasteiger partial charge is 0.387 e. The summed E-state index contributed by atoms with van der Waals surface area (Å²) in [5.74, 6) is 0.520. The van der Waals surface area contributed by atoms with Crippen LogP contribution in [-0.4, -0.2) is 12.4 Å². The number of carbonyl (C=O) groups excluding carboxylic acids is 1. The Bertz CT molecular complexity index is 154. The fraction of sp³-hybridized carbons (Fsp3) is 0.400. The first-order valence-corrected chi connectivity index (χ1v) is 2.09. The van der Waals surface area contributed by atoms with E-state index in [2.05, 4.69) is 10.7 Å². The first-order chi connectivity index (χ1) is 4.18. The zero-order chi connectivity index (χ0) is 7.28. The number of esters is 1. The van der Waals surface area contributed by atoms with Crippen LogP contribution in [-0.2, 0) is 9.53 Å². The monoisotopic (exact) mass is 134 g/mol. The highest BCUT2D eigenvalue weighted by Gasteiger charge is 2.15. The van der Waals surface area contributed by atoms with E-state index in [1.165, 1.54) is 6.92 Å². The zero-order valence-corrected chi connectivity index (χ0v) is 4.65. The molecule has 0 N–H and O–H groups in total. The molecule has 9 heavy (non-hydrogen) atoms. The number of rotatable bonds is 1. The Morgan fingerprint density at radius 2 is 2.22 bits per heavy atom. The van der Waals surface area contributed by atoms with Gasteiger partial charge in [0.25, 0.3) is 0 Å². The van der Waals surface area contributed by atoms with Crippen LogP contribution in [0.5, 0.6) is 0 Å². The Hall–Kier alpha value is -1.11. The standard InChI is InChI=1S/C5H4F2O2/c1-2-3-9-5(8)4(6)7/h4H,1H3. The van der Waals surface area contributed by atoms with E-state index >= 15 is 0 Å². The molecular formula is C5H4F2O2. The second-order valence-corrected chi connectivity index (χ2v) is 1.07. The fourth-order valence-corrected chi connectivity index (χ4v) is 0.146. The summed E-state index contributed by atoms with van der Waals surface area (Å²) in [5.41, 5.74) is 0. The van der Waals surface area contributed by atoms with Crippen LogP contribution in [0.25, 0.3) is 0 Å². The third-order valence-corrected chi connectivity index (χ3v) is 0.432. The minimum absolute atomic E-state index is 1.37. The summed E-state index contributed by atoms with van der Waals surface area (Å²) in [6, 6.07) is 0. The molecule has 0 heterocycles. The topological polar surface area (TPSA) is 26.3 Å². The molecule has 50 valence electrons.